The summed E-state index contributed by atoms with van der Waals surface area (Å²) in [6.07, 6.45) is 2.51. The van der Waals surface area contributed by atoms with Gasteiger partial charge in [0.25, 0.3) is 0 Å². The lowest BCUT2D eigenvalue weighted by Crippen LogP contribution is -2.10. The van der Waals surface area contributed by atoms with Crippen LogP contribution in [0.4, 0.5) is 5.69 Å². The van der Waals surface area contributed by atoms with E-state index in [4.69, 9.17) is 5.26 Å². The second-order valence-corrected chi connectivity index (χ2v) is 5.08. The van der Waals surface area contributed by atoms with Gasteiger partial charge in [0.1, 0.15) is 0 Å². The molecule has 96 valence electrons. The lowest BCUT2D eigenvalue weighted by Gasteiger charge is -2.18. The lowest BCUT2D eigenvalue weighted by molar-refractivity contribution is 0.805. The monoisotopic (exact) mass is 268 g/mol. The van der Waals surface area contributed by atoms with Crippen LogP contribution in [0.2, 0.25) is 0 Å². The summed E-state index contributed by atoms with van der Waals surface area (Å²) in [5.74, 6) is 0. The molecule has 0 aliphatic carbocycles. The SMILES string of the molecule is CSc1cccc(NC(CC#N)c2ccccc2)c1. The largest absolute Gasteiger partial charge is 0.377 e. The third-order valence-electron chi connectivity index (χ3n) is 2.91. The van der Waals surface area contributed by atoms with Crippen LogP contribution < -0.4 is 5.32 Å². The van der Waals surface area contributed by atoms with Crippen LogP contribution in [0.25, 0.3) is 0 Å². The van der Waals surface area contributed by atoms with Gasteiger partial charge in [0.05, 0.1) is 18.5 Å². The number of hydrogen-bond donors (Lipinski definition) is 1. The van der Waals surface area contributed by atoms with Gasteiger partial charge in [-0.3, -0.25) is 0 Å². The second-order valence-electron chi connectivity index (χ2n) is 4.20. The molecule has 1 N–H and O–H groups in total. The predicted octanol–water partition coefficient (Wildman–Crippen LogP) is 4.48. The predicted molar refractivity (Wildman–Crippen MR) is 81.3 cm³/mol. The molecule has 1 unspecified atom stereocenters. The van der Waals surface area contributed by atoms with Crippen LogP contribution >= 0.6 is 11.8 Å². The van der Waals surface area contributed by atoms with Crippen molar-refractivity contribution >= 4 is 17.4 Å². The van der Waals surface area contributed by atoms with Gasteiger partial charge in [-0.05, 0) is 30.0 Å². The minimum absolute atomic E-state index is 0.0308. The van der Waals surface area contributed by atoms with E-state index >= 15 is 0 Å². The summed E-state index contributed by atoms with van der Waals surface area (Å²) in [5.41, 5.74) is 2.19. The summed E-state index contributed by atoms with van der Waals surface area (Å²) in [4.78, 5) is 1.22. The fraction of sp³-hybridized carbons (Fsp3) is 0.188. The van der Waals surface area contributed by atoms with E-state index in [1.54, 1.807) is 11.8 Å². The van der Waals surface area contributed by atoms with Crippen LogP contribution in [-0.2, 0) is 0 Å². The number of thioether (sulfide) groups is 1. The van der Waals surface area contributed by atoms with Crippen molar-refractivity contribution in [1.29, 1.82) is 5.26 Å². The fourth-order valence-corrected chi connectivity index (χ4v) is 2.40. The van der Waals surface area contributed by atoms with Crippen LogP contribution in [0.1, 0.15) is 18.0 Å². The van der Waals surface area contributed by atoms with Crippen molar-refractivity contribution in [3.63, 3.8) is 0 Å². The molecule has 2 aromatic rings. The minimum atomic E-state index is 0.0308. The minimum Gasteiger partial charge on any atom is -0.377 e. The van der Waals surface area contributed by atoms with Crippen molar-refractivity contribution in [2.45, 2.75) is 17.4 Å². The van der Waals surface area contributed by atoms with E-state index in [9.17, 15) is 0 Å². The van der Waals surface area contributed by atoms with Gasteiger partial charge in [0.15, 0.2) is 0 Å². The number of benzene rings is 2. The van der Waals surface area contributed by atoms with E-state index in [2.05, 4.69) is 29.8 Å². The van der Waals surface area contributed by atoms with Crippen LogP contribution in [0.3, 0.4) is 0 Å². The van der Waals surface area contributed by atoms with Crippen LogP contribution in [-0.4, -0.2) is 6.26 Å². The van der Waals surface area contributed by atoms with Crippen LogP contribution in [0, 0.1) is 11.3 Å². The van der Waals surface area contributed by atoms with E-state index in [1.165, 1.54) is 4.90 Å². The first-order valence-electron chi connectivity index (χ1n) is 6.16. The Morgan fingerprint density at radius 2 is 1.95 bits per heavy atom. The third-order valence-corrected chi connectivity index (χ3v) is 3.63. The van der Waals surface area contributed by atoms with E-state index in [0.29, 0.717) is 6.42 Å². The van der Waals surface area contributed by atoms with Crippen molar-refractivity contribution in [1.82, 2.24) is 0 Å². The van der Waals surface area contributed by atoms with Crippen LogP contribution in [0.5, 0.6) is 0 Å². The van der Waals surface area contributed by atoms with E-state index in [0.717, 1.165) is 11.3 Å². The highest BCUT2D eigenvalue weighted by Crippen LogP contribution is 2.25. The van der Waals surface area contributed by atoms with Gasteiger partial charge in [0.2, 0.25) is 0 Å². The number of nitriles is 1. The van der Waals surface area contributed by atoms with Gasteiger partial charge in [-0.1, -0.05) is 36.4 Å². The molecule has 0 amide bonds. The van der Waals surface area contributed by atoms with Gasteiger partial charge < -0.3 is 5.32 Å². The molecule has 0 heterocycles. The zero-order chi connectivity index (χ0) is 13.5. The standard InChI is InChI=1S/C16H16N2S/c1-19-15-9-5-8-14(12-15)18-16(10-11-17)13-6-3-2-4-7-13/h2-9,12,16,18H,10H2,1H3. The topological polar surface area (TPSA) is 35.8 Å². The zero-order valence-electron chi connectivity index (χ0n) is 10.8. The molecule has 3 heteroatoms. The van der Waals surface area contributed by atoms with Crippen molar-refractivity contribution in [3.05, 3.63) is 60.2 Å². The summed E-state index contributed by atoms with van der Waals surface area (Å²) < 4.78 is 0. The highest BCUT2D eigenvalue weighted by molar-refractivity contribution is 7.98. The summed E-state index contributed by atoms with van der Waals surface area (Å²) in [6, 6.07) is 20.6. The Kier molecular flexibility index (Phi) is 4.88. The highest BCUT2D eigenvalue weighted by Gasteiger charge is 2.10. The molecule has 0 spiro atoms. The Morgan fingerprint density at radius 3 is 2.63 bits per heavy atom. The van der Waals surface area contributed by atoms with Gasteiger partial charge in [-0.2, -0.15) is 5.26 Å². The number of nitrogens with one attached hydrogen (secondary N) is 1. The van der Waals surface area contributed by atoms with Crippen molar-refractivity contribution in [2.75, 3.05) is 11.6 Å². The summed E-state index contributed by atoms with van der Waals surface area (Å²) in [6.45, 7) is 0. The van der Waals surface area contributed by atoms with Gasteiger partial charge in [-0.15, -0.1) is 11.8 Å². The lowest BCUT2D eigenvalue weighted by atomic mass is 10.0. The summed E-state index contributed by atoms with van der Waals surface area (Å²) in [5, 5.41) is 12.4. The molecule has 1 atom stereocenters. The van der Waals surface area contributed by atoms with Crippen molar-refractivity contribution in [2.24, 2.45) is 0 Å². The average molecular weight is 268 g/mol. The molecule has 2 aromatic carbocycles. The first kappa shape index (κ1) is 13.5. The molecule has 0 aliphatic rings. The Balaban J connectivity index is 2.19. The molecule has 0 saturated carbocycles. The first-order chi connectivity index (χ1) is 9.33. The normalized spacial score (nSPS) is 11.6. The first-order valence-corrected chi connectivity index (χ1v) is 7.38. The molecule has 0 saturated heterocycles. The maximum atomic E-state index is 8.98. The average Bonchev–Trinajstić information content (AvgIpc) is 2.48. The Morgan fingerprint density at radius 1 is 1.16 bits per heavy atom. The fourth-order valence-electron chi connectivity index (χ4n) is 1.94. The van der Waals surface area contributed by atoms with E-state index in [-0.39, 0.29) is 6.04 Å². The van der Waals surface area contributed by atoms with Crippen molar-refractivity contribution in [3.8, 4) is 6.07 Å². The number of anilines is 1. The zero-order valence-corrected chi connectivity index (χ0v) is 11.7. The number of nitrogens with zero attached hydrogens (tertiary/aromatic N) is 1. The third kappa shape index (κ3) is 3.77. The smallest absolute Gasteiger partial charge is 0.0647 e. The molecule has 2 nitrogen and oxygen atoms in total. The van der Waals surface area contributed by atoms with Gasteiger partial charge in [0, 0.05) is 10.6 Å². The maximum absolute atomic E-state index is 8.98. The summed E-state index contributed by atoms with van der Waals surface area (Å²) in [7, 11) is 0. The molecular formula is C16H16N2S. The Hall–Kier alpha value is -1.92. The van der Waals surface area contributed by atoms with E-state index in [1.807, 2.05) is 42.5 Å². The molecular weight excluding hydrogens is 252 g/mol. The van der Waals surface area contributed by atoms with Crippen molar-refractivity contribution < 1.29 is 0 Å². The molecule has 0 radical (unpaired) electrons. The molecule has 19 heavy (non-hydrogen) atoms. The molecule has 0 fully saturated rings. The Labute approximate surface area is 118 Å². The molecule has 0 aromatic heterocycles. The highest BCUT2D eigenvalue weighted by atomic mass is 32.2. The molecule has 0 bridgehead atoms. The summed E-state index contributed by atoms with van der Waals surface area (Å²) >= 11 is 1.71. The number of hydrogen-bond acceptors (Lipinski definition) is 3. The van der Waals surface area contributed by atoms with Gasteiger partial charge in [-0.25, -0.2) is 0 Å². The number of rotatable bonds is 5. The van der Waals surface area contributed by atoms with Gasteiger partial charge >= 0.3 is 0 Å². The molecule has 2 rings (SSSR count). The quantitative estimate of drug-likeness (QED) is 0.812. The molecule has 0 aliphatic heterocycles. The van der Waals surface area contributed by atoms with E-state index < -0.39 is 0 Å². The Bertz CT molecular complexity index is 560. The second kappa shape index (κ2) is 6.86. The van der Waals surface area contributed by atoms with Crippen LogP contribution in [0.15, 0.2) is 59.5 Å². The maximum Gasteiger partial charge on any atom is 0.0647 e.